The minimum atomic E-state index is -0.220. The molecular formula is C56H50N2. The Labute approximate surface area is 345 Å². The highest BCUT2D eigenvalue weighted by Crippen LogP contribution is 2.38. The largest absolute Gasteiger partial charge is 0.311 e. The van der Waals surface area contributed by atoms with Crippen LogP contribution in [0.1, 0.15) is 50.9 Å². The van der Waals surface area contributed by atoms with Gasteiger partial charge < -0.3 is 9.80 Å². The van der Waals surface area contributed by atoms with Gasteiger partial charge in [0.25, 0.3) is 0 Å². The standard InChI is InChI=1S/C56H50N2/c1-42-8-26-50(27-9-42)57(51-28-10-43(2)11-29-51)54-34-20-47(21-35-54)17-16-46-18-24-49(25-19-46)56(39-6-5-7-40-56)41-38-48-22-36-55(37-23-48)58(52-30-12-44(3)13-31-52)53-32-14-45(4)15-33-53/h5-39,41H,40H2,1-4H3. The summed E-state index contributed by atoms with van der Waals surface area (Å²) >= 11 is 0. The molecule has 0 amide bonds. The predicted octanol–water partition coefficient (Wildman–Crippen LogP) is 15.5. The van der Waals surface area contributed by atoms with E-state index in [9.17, 15) is 0 Å². The fourth-order valence-electron chi connectivity index (χ4n) is 7.55. The summed E-state index contributed by atoms with van der Waals surface area (Å²) in [6, 6.07) is 61.7. The highest BCUT2D eigenvalue weighted by atomic mass is 15.1. The lowest BCUT2D eigenvalue weighted by molar-refractivity contribution is 0.678. The SMILES string of the molecule is Cc1ccc(N(c2ccc(C)cc2)c2ccc(C=Cc3ccc(C4(C=Cc5ccc(N(c6ccc(C)cc6)c6ccc(C)cc6)cc5)C=CC=CC4)cc3)cc2)cc1. The first-order valence-electron chi connectivity index (χ1n) is 20.2. The van der Waals surface area contributed by atoms with E-state index in [2.05, 4.69) is 256 Å². The zero-order valence-corrected chi connectivity index (χ0v) is 33.9. The molecule has 2 nitrogen and oxygen atoms in total. The van der Waals surface area contributed by atoms with Crippen molar-refractivity contribution in [2.75, 3.05) is 9.80 Å². The van der Waals surface area contributed by atoms with Crippen molar-refractivity contribution < 1.29 is 0 Å². The van der Waals surface area contributed by atoms with Gasteiger partial charge in [0, 0.05) is 39.5 Å². The average molecular weight is 751 g/mol. The molecule has 0 saturated heterocycles. The monoisotopic (exact) mass is 750 g/mol. The summed E-state index contributed by atoms with van der Waals surface area (Å²) in [7, 11) is 0. The molecule has 0 saturated carbocycles. The second-order valence-corrected chi connectivity index (χ2v) is 15.5. The maximum atomic E-state index is 2.36. The lowest BCUT2D eigenvalue weighted by Gasteiger charge is -2.29. The Morgan fingerprint density at radius 2 is 0.672 bits per heavy atom. The number of allylic oxidation sites excluding steroid dienone is 5. The van der Waals surface area contributed by atoms with Gasteiger partial charge in [-0.15, -0.1) is 0 Å². The molecule has 0 aromatic heterocycles. The molecule has 1 atom stereocenters. The van der Waals surface area contributed by atoms with E-state index in [4.69, 9.17) is 0 Å². The van der Waals surface area contributed by atoms with Crippen LogP contribution in [0.5, 0.6) is 0 Å². The molecule has 0 fully saturated rings. The van der Waals surface area contributed by atoms with Crippen LogP contribution in [0.3, 0.4) is 0 Å². The van der Waals surface area contributed by atoms with Gasteiger partial charge in [0.05, 0.1) is 0 Å². The molecule has 7 aromatic rings. The molecule has 0 heterocycles. The summed E-state index contributed by atoms with van der Waals surface area (Å²) < 4.78 is 0. The molecule has 0 N–H and O–H groups in total. The summed E-state index contributed by atoms with van der Waals surface area (Å²) in [6.07, 6.45) is 18.9. The molecule has 0 bridgehead atoms. The van der Waals surface area contributed by atoms with Crippen LogP contribution >= 0.6 is 0 Å². The Balaban J connectivity index is 0.989. The number of hydrogen-bond donors (Lipinski definition) is 0. The van der Waals surface area contributed by atoms with Crippen molar-refractivity contribution >= 4 is 52.4 Å². The van der Waals surface area contributed by atoms with Gasteiger partial charge in [-0.2, -0.15) is 0 Å². The zero-order chi connectivity index (χ0) is 39.9. The van der Waals surface area contributed by atoms with Crippen molar-refractivity contribution in [3.05, 3.63) is 245 Å². The van der Waals surface area contributed by atoms with E-state index in [1.807, 2.05) is 0 Å². The van der Waals surface area contributed by atoms with E-state index >= 15 is 0 Å². The van der Waals surface area contributed by atoms with Crippen LogP contribution in [0.2, 0.25) is 0 Å². The smallest absolute Gasteiger partial charge is 0.0462 e. The van der Waals surface area contributed by atoms with Gasteiger partial charge in [-0.1, -0.05) is 168 Å². The minimum absolute atomic E-state index is 0.220. The number of benzene rings is 7. The summed E-state index contributed by atoms with van der Waals surface area (Å²) in [5, 5.41) is 0. The van der Waals surface area contributed by atoms with Crippen molar-refractivity contribution in [2.45, 2.75) is 39.5 Å². The van der Waals surface area contributed by atoms with Crippen molar-refractivity contribution in [1.82, 2.24) is 0 Å². The molecule has 0 radical (unpaired) electrons. The first-order chi connectivity index (χ1) is 28.3. The average Bonchev–Trinajstić information content (AvgIpc) is 3.26. The maximum absolute atomic E-state index is 2.36. The van der Waals surface area contributed by atoms with E-state index in [0.29, 0.717) is 0 Å². The number of nitrogens with zero attached hydrogens (tertiary/aromatic N) is 2. The molecule has 58 heavy (non-hydrogen) atoms. The topological polar surface area (TPSA) is 6.48 Å². The lowest BCUT2D eigenvalue weighted by atomic mass is 9.75. The first-order valence-corrected chi connectivity index (χ1v) is 20.2. The molecule has 1 unspecified atom stereocenters. The van der Waals surface area contributed by atoms with Crippen LogP contribution in [-0.4, -0.2) is 0 Å². The van der Waals surface area contributed by atoms with Gasteiger partial charge in [0.2, 0.25) is 0 Å². The molecule has 8 rings (SSSR count). The molecular weight excluding hydrogens is 701 g/mol. The van der Waals surface area contributed by atoms with Crippen molar-refractivity contribution in [1.29, 1.82) is 0 Å². The van der Waals surface area contributed by atoms with Crippen LogP contribution in [-0.2, 0) is 5.41 Å². The van der Waals surface area contributed by atoms with Gasteiger partial charge in [0.15, 0.2) is 0 Å². The van der Waals surface area contributed by atoms with Crippen molar-refractivity contribution in [3.63, 3.8) is 0 Å². The molecule has 284 valence electrons. The highest BCUT2D eigenvalue weighted by molar-refractivity contribution is 5.79. The Bertz CT molecular complexity index is 2460. The zero-order valence-electron chi connectivity index (χ0n) is 33.9. The summed E-state index contributed by atoms with van der Waals surface area (Å²) in [5.41, 5.74) is 16.4. The number of aryl methyl sites for hydroxylation is 4. The molecule has 2 heteroatoms. The van der Waals surface area contributed by atoms with Crippen LogP contribution in [0.15, 0.2) is 200 Å². The van der Waals surface area contributed by atoms with Crippen LogP contribution in [0, 0.1) is 27.7 Å². The second-order valence-electron chi connectivity index (χ2n) is 15.5. The number of hydrogen-bond acceptors (Lipinski definition) is 2. The van der Waals surface area contributed by atoms with E-state index in [1.165, 1.54) is 38.9 Å². The van der Waals surface area contributed by atoms with E-state index in [1.54, 1.807) is 0 Å². The Morgan fingerprint density at radius 1 is 0.362 bits per heavy atom. The van der Waals surface area contributed by atoms with E-state index in [-0.39, 0.29) is 5.41 Å². The molecule has 0 spiro atoms. The van der Waals surface area contributed by atoms with Crippen LogP contribution < -0.4 is 9.80 Å². The fraction of sp³-hybridized carbons (Fsp3) is 0.107. The van der Waals surface area contributed by atoms with E-state index in [0.717, 1.165) is 46.1 Å². The Kier molecular flexibility index (Phi) is 11.2. The Hall–Kier alpha value is -6.90. The molecule has 1 aliphatic carbocycles. The third-order valence-electron chi connectivity index (χ3n) is 11.1. The molecule has 0 aliphatic heterocycles. The summed E-state index contributed by atoms with van der Waals surface area (Å²) in [6.45, 7) is 8.52. The van der Waals surface area contributed by atoms with Crippen molar-refractivity contribution in [3.8, 4) is 0 Å². The number of rotatable bonds is 11. The van der Waals surface area contributed by atoms with Gasteiger partial charge in [-0.3, -0.25) is 0 Å². The van der Waals surface area contributed by atoms with Gasteiger partial charge in [0.1, 0.15) is 0 Å². The quantitative estimate of drug-likeness (QED) is 0.122. The van der Waals surface area contributed by atoms with Gasteiger partial charge in [-0.05, 0) is 129 Å². The highest BCUT2D eigenvalue weighted by Gasteiger charge is 2.26. The molecule has 1 aliphatic rings. The Morgan fingerprint density at radius 3 is 1.00 bits per heavy atom. The van der Waals surface area contributed by atoms with Crippen LogP contribution in [0.25, 0.3) is 18.2 Å². The normalized spacial score (nSPS) is 15.0. The van der Waals surface area contributed by atoms with E-state index < -0.39 is 0 Å². The molecule has 7 aromatic carbocycles. The van der Waals surface area contributed by atoms with Gasteiger partial charge in [-0.25, -0.2) is 0 Å². The minimum Gasteiger partial charge on any atom is -0.311 e. The first kappa shape index (κ1) is 38.0. The lowest BCUT2D eigenvalue weighted by Crippen LogP contribution is -2.21. The van der Waals surface area contributed by atoms with Crippen LogP contribution in [0.4, 0.5) is 34.1 Å². The predicted molar refractivity (Wildman–Crippen MR) is 250 cm³/mol. The summed E-state index contributed by atoms with van der Waals surface area (Å²) in [5.74, 6) is 0. The van der Waals surface area contributed by atoms with Crippen molar-refractivity contribution in [2.24, 2.45) is 0 Å². The third kappa shape index (κ3) is 8.73. The third-order valence-corrected chi connectivity index (χ3v) is 11.1. The second kappa shape index (κ2) is 17.1. The number of anilines is 6. The van der Waals surface area contributed by atoms with Gasteiger partial charge >= 0.3 is 0 Å². The fourth-order valence-corrected chi connectivity index (χ4v) is 7.55. The maximum Gasteiger partial charge on any atom is 0.0462 e. The summed E-state index contributed by atoms with van der Waals surface area (Å²) in [4.78, 5) is 4.63.